The van der Waals surface area contributed by atoms with Crippen LogP contribution in [-0.4, -0.2) is 30.2 Å². The first-order valence-corrected chi connectivity index (χ1v) is 7.22. The van der Waals surface area contributed by atoms with Crippen molar-refractivity contribution >= 4 is 29.1 Å². The first-order chi connectivity index (χ1) is 11.0. The van der Waals surface area contributed by atoms with E-state index in [2.05, 4.69) is 15.6 Å². The molecule has 1 heterocycles. The summed E-state index contributed by atoms with van der Waals surface area (Å²) in [6.45, 7) is 1.87. The van der Waals surface area contributed by atoms with Crippen molar-refractivity contribution in [2.75, 3.05) is 19.5 Å². The van der Waals surface area contributed by atoms with Crippen molar-refractivity contribution in [1.82, 2.24) is 10.3 Å². The number of benzene rings is 1. The van der Waals surface area contributed by atoms with E-state index in [1.54, 1.807) is 24.3 Å². The van der Waals surface area contributed by atoms with E-state index in [1.165, 1.54) is 14.2 Å². The highest BCUT2D eigenvalue weighted by atomic mass is 32.1. The third-order valence-electron chi connectivity index (χ3n) is 3.00. The highest BCUT2D eigenvalue weighted by Gasteiger charge is 2.12. The van der Waals surface area contributed by atoms with Gasteiger partial charge in [-0.1, -0.05) is 6.07 Å². The summed E-state index contributed by atoms with van der Waals surface area (Å²) in [6.07, 6.45) is 0. The molecule has 0 fully saturated rings. The monoisotopic (exact) mass is 331 g/mol. The number of hydrogen-bond donors (Lipinski definition) is 2. The molecule has 2 rings (SSSR count). The molecule has 120 valence electrons. The van der Waals surface area contributed by atoms with Crippen LogP contribution in [0.25, 0.3) is 0 Å². The van der Waals surface area contributed by atoms with Gasteiger partial charge in [0.2, 0.25) is 0 Å². The summed E-state index contributed by atoms with van der Waals surface area (Å²) in [5.41, 5.74) is 1.26. The van der Waals surface area contributed by atoms with E-state index in [4.69, 9.17) is 21.7 Å². The Labute approximate surface area is 139 Å². The highest BCUT2D eigenvalue weighted by molar-refractivity contribution is 7.80. The SMILES string of the molecule is COc1ccc(C(=O)NC(=S)Nc2cccc(C)n2)cc1OC. The molecule has 0 saturated heterocycles. The predicted molar refractivity (Wildman–Crippen MR) is 92.2 cm³/mol. The maximum atomic E-state index is 12.2. The van der Waals surface area contributed by atoms with Gasteiger partial charge in [-0.2, -0.15) is 0 Å². The quantitative estimate of drug-likeness (QED) is 0.839. The lowest BCUT2D eigenvalue weighted by Crippen LogP contribution is -2.34. The van der Waals surface area contributed by atoms with Crippen LogP contribution in [-0.2, 0) is 0 Å². The second kappa shape index (κ2) is 7.55. The molecule has 1 aromatic carbocycles. The number of hydrogen-bond acceptors (Lipinski definition) is 5. The normalized spacial score (nSPS) is 9.87. The molecule has 0 aliphatic carbocycles. The molecule has 0 spiro atoms. The number of thiocarbonyl (C=S) groups is 1. The summed E-state index contributed by atoms with van der Waals surface area (Å²) in [6, 6.07) is 10.4. The highest BCUT2D eigenvalue weighted by Crippen LogP contribution is 2.27. The third-order valence-corrected chi connectivity index (χ3v) is 3.21. The van der Waals surface area contributed by atoms with Crippen LogP contribution in [0.1, 0.15) is 16.1 Å². The van der Waals surface area contributed by atoms with Crippen molar-refractivity contribution < 1.29 is 14.3 Å². The van der Waals surface area contributed by atoms with E-state index >= 15 is 0 Å². The number of carbonyl (C=O) groups is 1. The molecule has 0 aliphatic rings. The van der Waals surface area contributed by atoms with Crippen LogP contribution in [0, 0.1) is 6.92 Å². The van der Waals surface area contributed by atoms with E-state index in [1.807, 2.05) is 19.1 Å². The number of rotatable bonds is 4. The van der Waals surface area contributed by atoms with Crippen LogP contribution in [0.2, 0.25) is 0 Å². The minimum atomic E-state index is -0.351. The Morgan fingerprint density at radius 2 is 1.87 bits per heavy atom. The van der Waals surface area contributed by atoms with Gasteiger partial charge >= 0.3 is 0 Å². The zero-order chi connectivity index (χ0) is 16.8. The number of nitrogens with one attached hydrogen (secondary N) is 2. The maximum Gasteiger partial charge on any atom is 0.257 e. The standard InChI is InChI=1S/C16H17N3O3S/c1-10-5-4-6-14(17-10)18-16(23)19-15(20)11-7-8-12(21-2)13(9-11)22-3/h4-9H,1-3H3,(H2,17,18,19,20,23). The van der Waals surface area contributed by atoms with Crippen molar-refractivity contribution in [1.29, 1.82) is 0 Å². The topological polar surface area (TPSA) is 72.5 Å². The average Bonchev–Trinajstić information content (AvgIpc) is 2.53. The molecule has 7 heteroatoms. The van der Waals surface area contributed by atoms with Crippen LogP contribution in [0.15, 0.2) is 36.4 Å². The van der Waals surface area contributed by atoms with Crippen LogP contribution < -0.4 is 20.1 Å². The third kappa shape index (κ3) is 4.40. The zero-order valence-electron chi connectivity index (χ0n) is 13.0. The fourth-order valence-electron chi connectivity index (χ4n) is 1.91. The fraction of sp³-hybridized carbons (Fsp3) is 0.188. The minimum Gasteiger partial charge on any atom is -0.493 e. The van der Waals surface area contributed by atoms with Gasteiger partial charge in [0, 0.05) is 11.3 Å². The van der Waals surface area contributed by atoms with Gasteiger partial charge in [-0.25, -0.2) is 4.98 Å². The summed E-state index contributed by atoms with van der Waals surface area (Å²) in [5, 5.41) is 5.63. The Bertz CT molecular complexity index is 734. The second-order valence-corrected chi connectivity index (χ2v) is 5.05. The van der Waals surface area contributed by atoms with Gasteiger partial charge in [0.15, 0.2) is 16.6 Å². The number of pyridine rings is 1. The molecule has 1 aromatic heterocycles. The fourth-order valence-corrected chi connectivity index (χ4v) is 2.11. The molecule has 0 saturated carbocycles. The van der Waals surface area contributed by atoms with E-state index in [-0.39, 0.29) is 11.0 Å². The van der Waals surface area contributed by atoms with Gasteiger partial charge in [0.05, 0.1) is 14.2 Å². The Hall–Kier alpha value is -2.67. The Morgan fingerprint density at radius 1 is 1.13 bits per heavy atom. The predicted octanol–water partition coefficient (Wildman–Crippen LogP) is 2.53. The number of aryl methyl sites for hydroxylation is 1. The van der Waals surface area contributed by atoms with Crippen LogP contribution in [0.4, 0.5) is 5.82 Å². The van der Waals surface area contributed by atoms with E-state index in [9.17, 15) is 4.79 Å². The number of methoxy groups -OCH3 is 2. The Balaban J connectivity index is 2.05. The van der Waals surface area contributed by atoms with Crippen LogP contribution in [0.5, 0.6) is 11.5 Å². The van der Waals surface area contributed by atoms with Crippen molar-refractivity contribution in [2.45, 2.75) is 6.92 Å². The summed E-state index contributed by atoms with van der Waals surface area (Å²) in [5.74, 6) is 1.24. The van der Waals surface area contributed by atoms with Crippen molar-refractivity contribution in [2.24, 2.45) is 0 Å². The number of carbonyl (C=O) groups excluding carboxylic acids is 1. The lowest BCUT2D eigenvalue weighted by molar-refractivity contribution is 0.0977. The summed E-state index contributed by atoms with van der Waals surface area (Å²) < 4.78 is 10.3. The number of anilines is 1. The maximum absolute atomic E-state index is 12.2. The lowest BCUT2D eigenvalue weighted by atomic mass is 10.2. The summed E-state index contributed by atoms with van der Waals surface area (Å²) >= 11 is 5.13. The summed E-state index contributed by atoms with van der Waals surface area (Å²) in [4.78, 5) is 16.5. The molecule has 0 aliphatic heterocycles. The minimum absolute atomic E-state index is 0.169. The number of ether oxygens (including phenoxy) is 2. The first-order valence-electron chi connectivity index (χ1n) is 6.81. The van der Waals surface area contributed by atoms with Crippen molar-refractivity contribution in [3.8, 4) is 11.5 Å². The van der Waals surface area contributed by atoms with Gasteiger partial charge < -0.3 is 14.8 Å². The van der Waals surface area contributed by atoms with Gasteiger partial charge in [0.1, 0.15) is 5.82 Å². The van der Waals surface area contributed by atoms with Gasteiger partial charge in [-0.3, -0.25) is 10.1 Å². The van der Waals surface area contributed by atoms with Gasteiger partial charge in [-0.15, -0.1) is 0 Å². The second-order valence-electron chi connectivity index (χ2n) is 4.64. The molecular formula is C16H17N3O3S. The number of amides is 1. The molecule has 1 amide bonds. The number of aromatic nitrogens is 1. The molecule has 2 aromatic rings. The van der Waals surface area contributed by atoms with Crippen molar-refractivity contribution in [3.63, 3.8) is 0 Å². The summed E-state index contributed by atoms with van der Waals surface area (Å²) in [7, 11) is 3.04. The van der Waals surface area contributed by atoms with Crippen LogP contribution in [0.3, 0.4) is 0 Å². The van der Waals surface area contributed by atoms with Gasteiger partial charge in [0.25, 0.3) is 5.91 Å². The van der Waals surface area contributed by atoms with E-state index < -0.39 is 0 Å². The molecule has 0 atom stereocenters. The lowest BCUT2D eigenvalue weighted by Gasteiger charge is -2.11. The van der Waals surface area contributed by atoms with Crippen LogP contribution >= 0.6 is 12.2 Å². The average molecular weight is 331 g/mol. The largest absolute Gasteiger partial charge is 0.493 e. The first kappa shape index (κ1) is 16.7. The molecule has 0 bridgehead atoms. The van der Waals surface area contributed by atoms with E-state index in [0.29, 0.717) is 22.9 Å². The molecule has 0 unspecified atom stereocenters. The van der Waals surface area contributed by atoms with Gasteiger partial charge in [-0.05, 0) is 49.5 Å². The Kier molecular flexibility index (Phi) is 5.48. The molecule has 0 radical (unpaired) electrons. The molecular weight excluding hydrogens is 314 g/mol. The van der Waals surface area contributed by atoms with E-state index in [0.717, 1.165) is 5.69 Å². The van der Waals surface area contributed by atoms with Crippen molar-refractivity contribution in [3.05, 3.63) is 47.7 Å². The Morgan fingerprint density at radius 3 is 2.52 bits per heavy atom. The zero-order valence-corrected chi connectivity index (χ0v) is 13.9. The molecule has 2 N–H and O–H groups in total. The smallest absolute Gasteiger partial charge is 0.257 e. The molecule has 6 nitrogen and oxygen atoms in total. The molecule has 23 heavy (non-hydrogen) atoms. The number of nitrogens with zero attached hydrogens (tertiary/aromatic N) is 1.